The summed E-state index contributed by atoms with van der Waals surface area (Å²) in [7, 11) is 1.62. The minimum Gasteiger partial charge on any atom is -0.497 e. The summed E-state index contributed by atoms with van der Waals surface area (Å²) >= 11 is 7.26. The molecule has 0 unspecified atom stereocenters. The number of aromatic nitrogens is 2. The Morgan fingerprint density at radius 1 is 1.03 bits per heavy atom. The number of rotatable bonds is 6. The van der Waals surface area contributed by atoms with E-state index in [1.807, 2.05) is 48.5 Å². The van der Waals surface area contributed by atoms with E-state index < -0.39 is 0 Å². The maximum Gasteiger partial charge on any atom is 0.149 e. The van der Waals surface area contributed by atoms with Crippen LogP contribution in [0.3, 0.4) is 0 Å². The molecule has 0 amide bonds. The average molecular weight is 589 g/mol. The van der Waals surface area contributed by atoms with Crippen LogP contribution < -0.4 is 9.47 Å². The first-order chi connectivity index (χ1) is 17.1. The molecule has 0 atom stereocenters. The van der Waals surface area contributed by atoms with Crippen LogP contribution in [0.1, 0.15) is 17.0 Å². The number of hydrogen-bond donors (Lipinski definition) is 1. The van der Waals surface area contributed by atoms with E-state index in [9.17, 15) is 5.26 Å². The lowest BCUT2D eigenvalue weighted by Gasteiger charge is -2.13. The lowest BCUT2D eigenvalue weighted by atomic mass is 10.1. The summed E-state index contributed by atoms with van der Waals surface area (Å²) < 4.78 is 13.0. The van der Waals surface area contributed by atoms with Crippen molar-refractivity contribution in [1.82, 2.24) is 9.97 Å². The Bertz CT molecular complexity index is 1600. The molecule has 0 fully saturated rings. The summed E-state index contributed by atoms with van der Waals surface area (Å²) in [6, 6.07) is 26.1. The van der Waals surface area contributed by atoms with Crippen LogP contribution in [0.2, 0.25) is 0 Å². The van der Waals surface area contributed by atoms with Crippen molar-refractivity contribution in [3.05, 3.63) is 98.7 Å². The van der Waals surface area contributed by atoms with Crippen LogP contribution in [0.25, 0.3) is 33.5 Å². The van der Waals surface area contributed by atoms with Gasteiger partial charge in [0, 0.05) is 6.07 Å². The number of allylic oxidation sites excluding steroid dienone is 1. The maximum absolute atomic E-state index is 9.81. The number of halogens is 2. The molecule has 0 aliphatic carbocycles. The number of nitrogens with one attached hydrogen (secondary N) is 1. The van der Waals surface area contributed by atoms with Crippen LogP contribution >= 0.6 is 31.9 Å². The van der Waals surface area contributed by atoms with Gasteiger partial charge in [0.2, 0.25) is 0 Å². The first-order valence-corrected chi connectivity index (χ1v) is 12.4. The van der Waals surface area contributed by atoms with Crippen molar-refractivity contribution in [3.63, 3.8) is 0 Å². The SMILES string of the molecule is COc1ccc2nc(/C(C#N)=C\c3cc(Br)c(OCc4cccc5ccccc45)c(Br)c3)[nH]c2c1. The molecular formula is C28H19Br2N3O2. The van der Waals surface area contributed by atoms with Gasteiger partial charge in [0.1, 0.15) is 30.0 Å². The minimum atomic E-state index is 0.420. The van der Waals surface area contributed by atoms with E-state index in [2.05, 4.69) is 72.2 Å². The molecule has 1 N–H and O–H groups in total. The van der Waals surface area contributed by atoms with E-state index in [0.29, 0.717) is 23.8 Å². The highest BCUT2D eigenvalue weighted by molar-refractivity contribution is 9.11. The zero-order valence-corrected chi connectivity index (χ0v) is 21.9. The molecule has 0 saturated carbocycles. The van der Waals surface area contributed by atoms with Crippen molar-refractivity contribution in [2.45, 2.75) is 6.61 Å². The Morgan fingerprint density at radius 3 is 2.57 bits per heavy atom. The third kappa shape index (κ3) is 4.81. The molecule has 5 aromatic rings. The molecule has 5 nitrogen and oxygen atoms in total. The Kier molecular flexibility index (Phi) is 6.58. The number of aromatic amines is 1. The van der Waals surface area contributed by atoms with Crippen LogP contribution in [0.5, 0.6) is 11.5 Å². The summed E-state index contributed by atoms with van der Waals surface area (Å²) in [5.74, 6) is 1.92. The quantitative estimate of drug-likeness (QED) is 0.205. The van der Waals surface area contributed by atoms with Crippen LogP contribution in [0, 0.1) is 11.3 Å². The van der Waals surface area contributed by atoms with Gasteiger partial charge in [0.15, 0.2) is 0 Å². The van der Waals surface area contributed by atoms with Gasteiger partial charge in [-0.1, -0.05) is 42.5 Å². The molecule has 35 heavy (non-hydrogen) atoms. The van der Waals surface area contributed by atoms with E-state index in [-0.39, 0.29) is 0 Å². The number of H-pyrrole nitrogens is 1. The van der Waals surface area contributed by atoms with Gasteiger partial charge in [-0.15, -0.1) is 0 Å². The smallest absolute Gasteiger partial charge is 0.149 e. The van der Waals surface area contributed by atoms with Gasteiger partial charge in [-0.2, -0.15) is 5.26 Å². The van der Waals surface area contributed by atoms with Crippen molar-refractivity contribution in [2.24, 2.45) is 0 Å². The van der Waals surface area contributed by atoms with E-state index >= 15 is 0 Å². The fourth-order valence-electron chi connectivity index (χ4n) is 3.93. The summed E-state index contributed by atoms with van der Waals surface area (Å²) in [5.41, 5.74) is 3.93. The highest BCUT2D eigenvalue weighted by Crippen LogP contribution is 2.37. The van der Waals surface area contributed by atoms with E-state index in [1.54, 1.807) is 13.2 Å². The fourth-order valence-corrected chi connectivity index (χ4v) is 5.38. The monoisotopic (exact) mass is 587 g/mol. The Labute approximate surface area is 219 Å². The highest BCUT2D eigenvalue weighted by atomic mass is 79.9. The van der Waals surface area contributed by atoms with Crippen molar-refractivity contribution >= 4 is 65.3 Å². The van der Waals surface area contributed by atoms with Crippen molar-refractivity contribution < 1.29 is 9.47 Å². The van der Waals surface area contributed by atoms with Crippen LogP contribution in [0.4, 0.5) is 0 Å². The van der Waals surface area contributed by atoms with Gasteiger partial charge >= 0.3 is 0 Å². The zero-order chi connectivity index (χ0) is 24.4. The molecule has 1 aromatic heterocycles. The van der Waals surface area contributed by atoms with Gasteiger partial charge in [0.05, 0.1) is 32.7 Å². The highest BCUT2D eigenvalue weighted by Gasteiger charge is 2.13. The number of fused-ring (bicyclic) bond motifs is 2. The number of nitriles is 1. The molecule has 0 spiro atoms. The molecule has 0 radical (unpaired) electrons. The second-order valence-electron chi connectivity index (χ2n) is 7.88. The van der Waals surface area contributed by atoms with Gasteiger partial charge in [-0.05, 0) is 84.1 Å². The average Bonchev–Trinajstić information content (AvgIpc) is 3.30. The van der Waals surface area contributed by atoms with E-state index in [0.717, 1.165) is 36.9 Å². The Balaban J connectivity index is 1.42. The molecule has 1 heterocycles. The second kappa shape index (κ2) is 9.95. The molecule has 4 aromatic carbocycles. The lowest BCUT2D eigenvalue weighted by molar-refractivity contribution is 0.303. The molecule has 0 saturated heterocycles. The van der Waals surface area contributed by atoms with Gasteiger partial charge in [-0.3, -0.25) is 0 Å². The summed E-state index contributed by atoms with van der Waals surface area (Å²) in [5, 5.41) is 12.2. The van der Waals surface area contributed by atoms with Gasteiger partial charge in [-0.25, -0.2) is 4.98 Å². The molecule has 5 rings (SSSR count). The number of nitrogens with zero attached hydrogens (tertiary/aromatic N) is 2. The molecule has 7 heteroatoms. The third-order valence-electron chi connectivity index (χ3n) is 5.65. The fraction of sp³-hybridized carbons (Fsp3) is 0.0714. The predicted molar refractivity (Wildman–Crippen MR) is 146 cm³/mol. The van der Waals surface area contributed by atoms with Crippen LogP contribution in [-0.4, -0.2) is 17.1 Å². The maximum atomic E-state index is 9.81. The topological polar surface area (TPSA) is 70.9 Å². The van der Waals surface area contributed by atoms with Gasteiger partial charge in [0.25, 0.3) is 0 Å². The second-order valence-corrected chi connectivity index (χ2v) is 9.59. The molecule has 0 aliphatic rings. The van der Waals surface area contributed by atoms with Crippen LogP contribution in [-0.2, 0) is 6.61 Å². The Hall–Kier alpha value is -3.60. The first-order valence-electron chi connectivity index (χ1n) is 10.8. The van der Waals surface area contributed by atoms with Crippen molar-refractivity contribution in [3.8, 4) is 17.6 Å². The zero-order valence-electron chi connectivity index (χ0n) is 18.7. The largest absolute Gasteiger partial charge is 0.497 e. The molecular weight excluding hydrogens is 570 g/mol. The summed E-state index contributed by atoms with van der Waals surface area (Å²) in [6.07, 6.45) is 1.79. The third-order valence-corrected chi connectivity index (χ3v) is 6.83. The van der Waals surface area contributed by atoms with E-state index in [4.69, 9.17) is 9.47 Å². The number of ether oxygens (including phenoxy) is 2. The van der Waals surface area contributed by atoms with Crippen molar-refractivity contribution in [1.29, 1.82) is 5.26 Å². The van der Waals surface area contributed by atoms with Gasteiger partial charge < -0.3 is 14.5 Å². The normalized spacial score (nSPS) is 11.5. The van der Waals surface area contributed by atoms with E-state index in [1.165, 1.54) is 10.8 Å². The summed E-state index contributed by atoms with van der Waals surface area (Å²) in [4.78, 5) is 7.76. The number of methoxy groups -OCH3 is 1. The first kappa shape index (κ1) is 23.2. The molecule has 0 aliphatic heterocycles. The number of imidazole rings is 1. The number of hydrogen-bond acceptors (Lipinski definition) is 4. The van der Waals surface area contributed by atoms with Crippen molar-refractivity contribution in [2.75, 3.05) is 7.11 Å². The molecule has 0 bridgehead atoms. The molecule has 172 valence electrons. The standard InChI is InChI=1S/C28H19Br2N3O2/c1-34-21-9-10-25-26(14-21)33-28(32-25)20(15-31)11-17-12-23(29)27(24(30)13-17)35-16-19-7-4-6-18-5-2-3-8-22(18)19/h2-14H,16H2,1H3,(H,32,33)/b20-11-. The minimum absolute atomic E-state index is 0.420. The van der Waals surface area contributed by atoms with Crippen LogP contribution in [0.15, 0.2) is 81.7 Å². The Morgan fingerprint density at radius 2 is 1.80 bits per heavy atom. The number of benzene rings is 4. The lowest BCUT2D eigenvalue weighted by Crippen LogP contribution is -1.98. The predicted octanol–water partition coefficient (Wildman–Crippen LogP) is 7.89. The summed E-state index contributed by atoms with van der Waals surface area (Å²) in [6.45, 7) is 0.430.